The summed E-state index contributed by atoms with van der Waals surface area (Å²) in [5.74, 6) is -0.319. The van der Waals surface area contributed by atoms with Crippen LogP contribution in [0.2, 0.25) is 0 Å². The lowest BCUT2D eigenvalue weighted by atomic mass is 10.1. The molecule has 3 aromatic rings. The van der Waals surface area contributed by atoms with E-state index in [1.165, 1.54) is 0 Å². The van der Waals surface area contributed by atoms with Crippen molar-refractivity contribution in [3.05, 3.63) is 71.8 Å². The van der Waals surface area contributed by atoms with Gasteiger partial charge >= 0.3 is 5.97 Å². The van der Waals surface area contributed by atoms with Crippen LogP contribution < -0.4 is 4.74 Å². The second-order valence-electron chi connectivity index (χ2n) is 4.98. The molecule has 2 aromatic carbocycles. The molecule has 0 aliphatic heterocycles. The van der Waals surface area contributed by atoms with Crippen LogP contribution in [0.25, 0.3) is 10.9 Å². The van der Waals surface area contributed by atoms with Crippen LogP contribution in [0.3, 0.4) is 0 Å². The summed E-state index contributed by atoms with van der Waals surface area (Å²) in [4.78, 5) is 15.3. The van der Waals surface area contributed by atoms with Crippen LogP contribution in [0.5, 0.6) is 5.88 Å². The van der Waals surface area contributed by atoms with E-state index in [1.54, 1.807) is 6.07 Å². The molecule has 0 atom stereocenters. The van der Waals surface area contributed by atoms with Gasteiger partial charge in [0.1, 0.15) is 6.61 Å². The molecule has 1 aromatic heterocycles. The van der Waals surface area contributed by atoms with Gasteiger partial charge in [0, 0.05) is 11.5 Å². The number of fused-ring (bicyclic) bond motifs is 1. The summed E-state index contributed by atoms with van der Waals surface area (Å²) in [6.07, 6.45) is -0.0107. The lowest BCUT2D eigenvalue weighted by Crippen LogP contribution is -2.01. The number of carboxylic acids is 1. The normalized spacial score (nSPS) is 10.5. The van der Waals surface area contributed by atoms with Crippen molar-refractivity contribution in [3.8, 4) is 5.88 Å². The van der Waals surface area contributed by atoms with Crippen molar-refractivity contribution in [2.24, 2.45) is 0 Å². The molecule has 1 heterocycles. The summed E-state index contributed by atoms with van der Waals surface area (Å²) in [5, 5.41) is 9.79. The molecule has 0 unspecified atom stereocenters. The van der Waals surface area contributed by atoms with Gasteiger partial charge in [-0.2, -0.15) is 0 Å². The molecule has 0 saturated heterocycles. The lowest BCUT2D eigenvalue weighted by molar-refractivity contribution is -0.136. The molecule has 0 aliphatic rings. The third-order valence-electron chi connectivity index (χ3n) is 3.37. The van der Waals surface area contributed by atoms with Crippen LogP contribution in [0, 0.1) is 0 Å². The van der Waals surface area contributed by atoms with E-state index in [2.05, 4.69) is 4.98 Å². The van der Waals surface area contributed by atoms with E-state index in [1.807, 2.05) is 54.6 Å². The van der Waals surface area contributed by atoms with E-state index >= 15 is 0 Å². The highest BCUT2D eigenvalue weighted by atomic mass is 16.5. The summed E-state index contributed by atoms with van der Waals surface area (Å²) < 4.78 is 5.69. The summed E-state index contributed by atoms with van der Waals surface area (Å²) in [6, 6.07) is 19.0. The third kappa shape index (κ3) is 3.23. The number of pyridine rings is 1. The molecule has 0 spiro atoms. The first-order valence-electron chi connectivity index (χ1n) is 6.99. The molecule has 0 fully saturated rings. The van der Waals surface area contributed by atoms with Gasteiger partial charge in [-0.3, -0.25) is 4.79 Å². The van der Waals surface area contributed by atoms with Crippen molar-refractivity contribution in [3.63, 3.8) is 0 Å². The Morgan fingerprint density at radius 2 is 1.82 bits per heavy atom. The Hall–Kier alpha value is -2.88. The van der Waals surface area contributed by atoms with Gasteiger partial charge < -0.3 is 9.84 Å². The molecule has 1 N–H and O–H groups in total. The summed E-state index contributed by atoms with van der Waals surface area (Å²) in [6.45, 7) is 0.453. The number of rotatable bonds is 5. The zero-order valence-electron chi connectivity index (χ0n) is 11.9. The number of ether oxygens (including phenoxy) is 1. The van der Waals surface area contributed by atoms with Crippen molar-refractivity contribution in [1.29, 1.82) is 0 Å². The number of carbonyl (C=O) groups is 1. The highest BCUT2D eigenvalue weighted by Gasteiger charge is 2.07. The molecule has 3 rings (SSSR count). The topological polar surface area (TPSA) is 59.4 Å². The van der Waals surface area contributed by atoms with Crippen LogP contribution >= 0.6 is 0 Å². The molecule has 0 saturated carbocycles. The Morgan fingerprint density at radius 1 is 1.00 bits per heavy atom. The number of aliphatic carboxylic acids is 1. The number of carboxylic acid groups (broad SMARTS) is 1. The van der Waals surface area contributed by atoms with Crippen molar-refractivity contribution in [2.75, 3.05) is 0 Å². The minimum absolute atomic E-state index is 0.0107. The van der Waals surface area contributed by atoms with Crippen LogP contribution in [0.4, 0.5) is 0 Å². The average Bonchev–Trinajstić information content (AvgIpc) is 2.53. The van der Waals surface area contributed by atoms with Gasteiger partial charge in [-0.05, 0) is 23.3 Å². The van der Waals surface area contributed by atoms with E-state index < -0.39 is 5.97 Å². The smallest absolute Gasteiger partial charge is 0.307 e. The van der Waals surface area contributed by atoms with Crippen molar-refractivity contribution >= 4 is 16.9 Å². The second-order valence-corrected chi connectivity index (χ2v) is 4.98. The Balaban J connectivity index is 1.82. The first-order chi connectivity index (χ1) is 10.7. The predicted molar refractivity (Wildman–Crippen MR) is 83.9 cm³/mol. The standard InChI is InChI=1S/C18H15NO3/c20-18(21)11-14-7-4-8-16-15(14)9-10-17(19-16)22-12-13-5-2-1-3-6-13/h1-10H,11-12H2,(H,20,21). The molecule has 0 radical (unpaired) electrons. The SMILES string of the molecule is O=C(O)Cc1cccc2nc(OCc3ccccc3)ccc12. The molecular weight excluding hydrogens is 278 g/mol. The summed E-state index contributed by atoms with van der Waals surface area (Å²) >= 11 is 0. The van der Waals surface area contributed by atoms with E-state index in [0.29, 0.717) is 12.5 Å². The van der Waals surface area contributed by atoms with Gasteiger partial charge in [-0.1, -0.05) is 42.5 Å². The van der Waals surface area contributed by atoms with Gasteiger partial charge in [0.25, 0.3) is 0 Å². The van der Waals surface area contributed by atoms with Gasteiger partial charge in [-0.25, -0.2) is 4.98 Å². The van der Waals surface area contributed by atoms with Gasteiger partial charge in [0.15, 0.2) is 0 Å². The number of hydrogen-bond donors (Lipinski definition) is 1. The zero-order chi connectivity index (χ0) is 15.4. The molecule has 0 bridgehead atoms. The maximum atomic E-state index is 10.9. The Bertz CT molecular complexity index is 800. The number of nitrogens with zero attached hydrogens (tertiary/aromatic N) is 1. The molecule has 110 valence electrons. The fraction of sp³-hybridized carbons (Fsp3) is 0.111. The van der Waals surface area contributed by atoms with Crippen molar-refractivity contribution in [2.45, 2.75) is 13.0 Å². The number of aromatic nitrogens is 1. The lowest BCUT2D eigenvalue weighted by Gasteiger charge is -2.08. The maximum absolute atomic E-state index is 10.9. The molecular formula is C18H15NO3. The van der Waals surface area contributed by atoms with Gasteiger partial charge in [0.05, 0.1) is 11.9 Å². The monoisotopic (exact) mass is 293 g/mol. The maximum Gasteiger partial charge on any atom is 0.307 e. The predicted octanol–water partition coefficient (Wildman–Crippen LogP) is 3.44. The van der Waals surface area contributed by atoms with Gasteiger partial charge in [-0.15, -0.1) is 0 Å². The quantitative estimate of drug-likeness (QED) is 0.783. The summed E-state index contributed by atoms with van der Waals surface area (Å²) in [5.41, 5.74) is 2.57. The first kappa shape index (κ1) is 14.1. The Morgan fingerprint density at radius 3 is 2.59 bits per heavy atom. The average molecular weight is 293 g/mol. The van der Waals surface area contributed by atoms with Crippen LogP contribution in [0.1, 0.15) is 11.1 Å². The second kappa shape index (κ2) is 6.26. The molecule has 4 nitrogen and oxygen atoms in total. The Labute approximate surface area is 128 Å². The minimum Gasteiger partial charge on any atom is -0.481 e. The highest BCUT2D eigenvalue weighted by molar-refractivity contribution is 5.86. The minimum atomic E-state index is -0.850. The van der Waals surface area contributed by atoms with Crippen LogP contribution in [0.15, 0.2) is 60.7 Å². The molecule has 0 amide bonds. The van der Waals surface area contributed by atoms with Gasteiger partial charge in [0.2, 0.25) is 5.88 Å². The van der Waals surface area contributed by atoms with E-state index in [-0.39, 0.29) is 6.42 Å². The largest absolute Gasteiger partial charge is 0.481 e. The van der Waals surface area contributed by atoms with E-state index in [4.69, 9.17) is 9.84 Å². The van der Waals surface area contributed by atoms with E-state index in [9.17, 15) is 4.79 Å². The fourth-order valence-corrected chi connectivity index (χ4v) is 2.33. The van der Waals surface area contributed by atoms with Crippen molar-refractivity contribution < 1.29 is 14.6 Å². The molecule has 4 heteroatoms. The number of hydrogen-bond acceptors (Lipinski definition) is 3. The summed E-state index contributed by atoms with van der Waals surface area (Å²) in [7, 11) is 0. The van der Waals surface area contributed by atoms with Crippen molar-refractivity contribution in [1.82, 2.24) is 4.98 Å². The van der Waals surface area contributed by atoms with Crippen LogP contribution in [-0.4, -0.2) is 16.1 Å². The first-order valence-corrected chi connectivity index (χ1v) is 6.99. The zero-order valence-corrected chi connectivity index (χ0v) is 11.9. The van der Waals surface area contributed by atoms with Crippen LogP contribution in [-0.2, 0) is 17.8 Å². The molecule has 22 heavy (non-hydrogen) atoms. The Kier molecular flexibility index (Phi) is 4.01. The van der Waals surface area contributed by atoms with E-state index in [0.717, 1.165) is 22.0 Å². The number of benzene rings is 2. The third-order valence-corrected chi connectivity index (χ3v) is 3.37. The molecule has 0 aliphatic carbocycles. The highest BCUT2D eigenvalue weighted by Crippen LogP contribution is 2.21. The fourth-order valence-electron chi connectivity index (χ4n) is 2.33.